The number of rotatable bonds is 3. The fourth-order valence-corrected chi connectivity index (χ4v) is 2.79. The third-order valence-corrected chi connectivity index (χ3v) is 3.97. The van der Waals surface area contributed by atoms with E-state index in [0.29, 0.717) is 0 Å². The molecule has 2 aromatic rings. The van der Waals surface area contributed by atoms with Gasteiger partial charge in [-0.1, -0.05) is 17.7 Å². The average molecular weight is 304 g/mol. The Morgan fingerprint density at radius 3 is 2.48 bits per heavy atom. The van der Waals surface area contributed by atoms with Crippen molar-refractivity contribution in [3.63, 3.8) is 0 Å². The molecule has 1 aliphatic rings. The van der Waals surface area contributed by atoms with Gasteiger partial charge >= 0.3 is 0 Å². The van der Waals surface area contributed by atoms with E-state index in [-0.39, 0.29) is 0 Å². The summed E-state index contributed by atoms with van der Waals surface area (Å²) in [6.07, 6.45) is 1.84. The van der Waals surface area contributed by atoms with Crippen molar-refractivity contribution in [2.45, 2.75) is 0 Å². The van der Waals surface area contributed by atoms with Crippen LogP contribution in [0.25, 0.3) is 0 Å². The van der Waals surface area contributed by atoms with Gasteiger partial charge in [-0.2, -0.15) is 0 Å². The molecule has 4 nitrogen and oxygen atoms in total. The Labute approximate surface area is 129 Å². The Balaban J connectivity index is 1.73. The molecule has 1 fully saturated rings. The van der Waals surface area contributed by atoms with Crippen LogP contribution in [0.2, 0.25) is 5.02 Å². The summed E-state index contributed by atoms with van der Waals surface area (Å²) >= 11 is 6.11. The van der Waals surface area contributed by atoms with Gasteiger partial charge in [-0.15, -0.1) is 0 Å². The lowest BCUT2D eigenvalue weighted by molar-refractivity contribution is 0.413. The Morgan fingerprint density at radius 2 is 1.81 bits per heavy atom. The SMILES string of the molecule is COc1ccc(Cl)cc1N1CCN(c2ccccn2)CC1. The highest BCUT2D eigenvalue weighted by Gasteiger charge is 2.20. The lowest BCUT2D eigenvalue weighted by Crippen LogP contribution is -2.46. The molecule has 0 saturated carbocycles. The van der Waals surface area contributed by atoms with E-state index in [1.165, 1.54) is 0 Å². The van der Waals surface area contributed by atoms with E-state index in [9.17, 15) is 0 Å². The molecular formula is C16H18ClN3O. The van der Waals surface area contributed by atoms with Crippen LogP contribution in [0.5, 0.6) is 5.75 Å². The summed E-state index contributed by atoms with van der Waals surface area (Å²) < 4.78 is 5.44. The monoisotopic (exact) mass is 303 g/mol. The van der Waals surface area contributed by atoms with Crippen LogP contribution in [0.1, 0.15) is 0 Å². The second-order valence-corrected chi connectivity index (χ2v) is 5.41. The maximum absolute atomic E-state index is 6.11. The van der Waals surface area contributed by atoms with Crippen molar-refractivity contribution in [1.82, 2.24) is 4.98 Å². The Bertz CT molecular complexity index is 598. The second kappa shape index (κ2) is 6.22. The van der Waals surface area contributed by atoms with Gasteiger partial charge < -0.3 is 14.5 Å². The van der Waals surface area contributed by atoms with Crippen LogP contribution >= 0.6 is 11.6 Å². The molecule has 5 heteroatoms. The van der Waals surface area contributed by atoms with Crippen molar-refractivity contribution in [2.75, 3.05) is 43.1 Å². The van der Waals surface area contributed by atoms with Gasteiger partial charge in [0.25, 0.3) is 0 Å². The largest absolute Gasteiger partial charge is 0.495 e. The quantitative estimate of drug-likeness (QED) is 0.871. The van der Waals surface area contributed by atoms with Gasteiger partial charge in [-0.25, -0.2) is 4.98 Å². The standard InChI is InChI=1S/C16H18ClN3O/c1-21-15-6-5-13(17)12-14(15)19-8-10-20(11-9-19)16-4-2-3-7-18-16/h2-7,12H,8-11H2,1H3. The molecule has 0 spiro atoms. The molecule has 2 heterocycles. The lowest BCUT2D eigenvalue weighted by Gasteiger charge is -2.37. The number of ether oxygens (including phenoxy) is 1. The van der Waals surface area contributed by atoms with Crippen molar-refractivity contribution in [3.8, 4) is 5.75 Å². The fourth-order valence-electron chi connectivity index (χ4n) is 2.63. The Kier molecular flexibility index (Phi) is 4.15. The highest BCUT2D eigenvalue weighted by Crippen LogP contribution is 2.32. The zero-order valence-corrected chi connectivity index (χ0v) is 12.8. The highest BCUT2D eigenvalue weighted by atomic mass is 35.5. The summed E-state index contributed by atoms with van der Waals surface area (Å²) in [4.78, 5) is 9.02. The van der Waals surface area contributed by atoms with E-state index in [2.05, 4.69) is 20.9 Å². The summed E-state index contributed by atoms with van der Waals surface area (Å²) in [6.45, 7) is 3.72. The predicted octanol–water partition coefficient (Wildman–Crippen LogP) is 3.07. The maximum atomic E-state index is 6.11. The third kappa shape index (κ3) is 3.05. The summed E-state index contributed by atoms with van der Waals surface area (Å²) in [5.74, 6) is 1.90. The Hall–Kier alpha value is -1.94. The van der Waals surface area contributed by atoms with Crippen LogP contribution < -0.4 is 14.5 Å². The summed E-state index contributed by atoms with van der Waals surface area (Å²) in [6, 6.07) is 11.8. The summed E-state index contributed by atoms with van der Waals surface area (Å²) in [5, 5.41) is 0.734. The molecule has 0 unspecified atom stereocenters. The number of benzene rings is 1. The lowest BCUT2D eigenvalue weighted by atomic mass is 10.2. The molecule has 110 valence electrons. The fraction of sp³-hybridized carbons (Fsp3) is 0.312. The molecule has 0 atom stereocenters. The van der Waals surface area contributed by atoms with Crippen LogP contribution in [0, 0.1) is 0 Å². The van der Waals surface area contributed by atoms with E-state index < -0.39 is 0 Å². The minimum Gasteiger partial charge on any atom is -0.495 e. The number of aromatic nitrogens is 1. The molecule has 0 radical (unpaired) electrons. The van der Waals surface area contributed by atoms with Crippen LogP contribution in [0.3, 0.4) is 0 Å². The van der Waals surface area contributed by atoms with E-state index in [1.807, 2.05) is 36.5 Å². The first-order valence-corrected chi connectivity index (χ1v) is 7.40. The molecule has 0 amide bonds. The zero-order chi connectivity index (χ0) is 14.7. The number of piperazine rings is 1. The normalized spacial score (nSPS) is 15.1. The second-order valence-electron chi connectivity index (χ2n) is 4.98. The predicted molar refractivity (Wildman–Crippen MR) is 86.7 cm³/mol. The van der Waals surface area contributed by atoms with E-state index in [4.69, 9.17) is 16.3 Å². The summed E-state index contributed by atoms with van der Waals surface area (Å²) in [5.41, 5.74) is 1.06. The summed E-state index contributed by atoms with van der Waals surface area (Å²) in [7, 11) is 1.69. The molecular weight excluding hydrogens is 286 g/mol. The third-order valence-electron chi connectivity index (χ3n) is 3.73. The van der Waals surface area contributed by atoms with Crippen molar-refractivity contribution in [3.05, 3.63) is 47.6 Å². The van der Waals surface area contributed by atoms with Crippen LogP contribution in [0.4, 0.5) is 11.5 Å². The van der Waals surface area contributed by atoms with Gasteiger partial charge in [-0.3, -0.25) is 0 Å². The first kappa shape index (κ1) is 14.0. The molecule has 1 aliphatic heterocycles. The van der Waals surface area contributed by atoms with Gasteiger partial charge in [-0.05, 0) is 30.3 Å². The number of halogens is 1. The number of nitrogens with zero attached hydrogens (tertiary/aromatic N) is 3. The van der Waals surface area contributed by atoms with Gasteiger partial charge in [0, 0.05) is 37.4 Å². The van der Waals surface area contributed by atoms with E-state index in [0.717, 1.165) is 48.5 Å². The molecule has 1 aromatic heterocycles. The van der Waals surface area contributed by atoms with Crippen LogP contribution in [-0.2, 0) is 0 Å². The molecule has 0 N–H and O–H groups in total. The van der Waals surface area contributed by atoms with Gasteiger partial charge in [0.2, 0.25) is 0 Å². The van der Waals surface area contributed by atoms with Crippen LogP contribution in [-0.4, -0.2) is 38.3 Å². The topological polar surface area (TPSA) is 28.6 Å². The zero-order valence-electron chi connectivity index (χ0n) is 12.0. The number of hydrogen-bond acceptors (Lipinski definition) is 4. The van der Waals surface area contributed by atoms with Gasteiger partial charge in [0.1, 0.15) is 11.6 Å². The average Bonchev–Trinajstić information content (AvgIpc) is 2.56. The minimum atomic E-state index is 0.734. The van der Waals surface area contributed by atoms with Crippen molar-refractivity contribution in [2.24, 2.45) is 0 Å². The molecule has 21 heavy (non-hydrogen) atoms. The van der Waals surface area contributed by atoms with Gasteiger partial charge in [0.05, 0.1) is 12.8 Å². The molecule has 0 bridgehead atoms. The molecule has 3 rings (SSSR count). The van der Waals surface area contributed by atoms with Crippen molar-refractivity contribution in [1.29, 1.82) is 0 Å². The number of anilines is 2. The highest BCUT2D eigenvalue weighted by molar-refractivity contribution is 6.30. The smallest absolute Gasteiger partial charge is 0.142 e. The van der Waals surface area contributed by atoms with Crippen molar-refractivity contribution < 1.29 is 4.74 Å². The first-order chi connectivity index (χ1) is 10.3. The molecule has 1 aromatic carbocycles. The molecule has 1 saturated heterocycles. The van der Waals surface area contributed by atoms with E-state index in [1.54, 1.807) is 7.11 Å². The first-order valence-electron chi connectivity index (χ1n) is 7.02. The molecule has 0 aliphatic carbocycles. The minimum absolute atomic E-state index is 0.734. The van der Waals surface area contributed by atoms with Crippen molar-refractivity contribution >= 4 is 23.1 Å². The van der Waals surface area contributed by atoms with Gasteiger partial charge in [0.15, 0.2) is 0 Å². The number of pyridine rings is 1. The number of hydrogen-bond donors (Lipinski definition) is 0. The van der Waals surface area contributed by atoms with E-state index >= 15 is 0 Å². The Morgan fingerprint density at radius 1 is 1.05 bits per heavy atom. The number of methoxy groups -OCH3 is 1. The maximum Gasteiger partial charge on any atom is 0.142 e. The van der Waals surface area contributed by atoms with Crippen LogP contribution in [0.15, 0.2) is 42.6 Å².